The van der Waals surface area contributed by atoms with Gasteiger partial charge in [-0.1, -0.05) is 458 Å². The van der Waals surface area contributed by atoms with Crippen LogP contribution in [0.25, 0.3) is 0 Å². The van der Waals surface area contributed by atoms with Gasteiger partial charge in [0.1, 0.15) is 19.3 Å². The van der Waals surface area contributed by atoms with Gasteiger partial charge in [0.25, 0.3) is 0 Å². The molecule has 0 heterocycles. The van der Waals surface area contributed by atoms with Crippen molar-refractivity contribution in [3.05, 3.63) is 0 Å². The summed E-state index contributed by atoms with van der Waals surface area (Å²) in [7, 11) is -9.94. The lowest BCUT2D eigenvalue weighted by atomic mass is 10.0. The zero-order chi connectivity index (χ0) is 81.0. The Bertz CT molecular complexity index is 2090. The number of ether oxygens (including phenoxy) is 4. The number of carbonyl (C=O) groups excluding carboxylic acids is 4. The Labute approximate surface area is 683 Å². The van der Waals surface area contributed by atoms with Gasteiger partial charge in [0.15, 0.2) is 12.2 Å². The van der Waals surface area contributed by atoms with Gasteiger partial charge in [0.05, 0.1) is 26.4 Å². The highest BCUT2D eigenvalue weighted by Crippen LogP contribution is 2.45. The van der Waals surface area contributed by atoms with Crippen molar-refractivity contribution in [3.63, 3.8) is 0 Å². The van der Waals surface area contributed by atoms with E-state index < -0.39 is 97.5 Å². The Morgan fingerprint density at radius 1 is 0.216 bits per heavy atom. The van der Waals surface area contributed by atoms with E-state index in [1.165, 1.54) is 340 Å². The lowest BCUT2D eigenvalue weighted by Crippen LogP contribution is -2.30. The summed E-state index contributed by atoms with van der Waals surface area (Å²) in [6.07, 6.45) is 83.4. The number of hydrogen-bond acceptors (Lipinski definition) is 15. The molecule has 0 fully saturated rings. The van der Waals surface area contributed by atoms with Crippen LogP contribution in [0.5, 0.6) is 0 Å². The van der Waals surface area contributed by atoms with Crippen molar-refractivity contribution in [1.82, 2.24) is 0 Å². The monoisotopic (exact) mass is 1620 g/mol. The van der Waals surface area contributed by atoms with Crippen LogP contribution in [0.3, 0.4) is 0 Å². The molecule has 0 spiro atoms. The normalized spacial score (nSPS) is 13.6. The van der Waals surface area contributed by atoms with Crippen molar-refractivity contribution in [2.45, 2.75) is 528 Å². The summed E-state index contributed by atoms with van der Waals surface area (Å²) in [6, 6.07) is 0. The molecule has 0 aromatic carbocycles. The number of phosphoric ester groups is 2. The Kier molecular flexibility index (Phi) is 84.4. The highest BCUT2D eigenvalue weighted by molar-refractivity contribution is 7.47. The third kappa shape index (κ3) is 85.8. The predicted molar refractivity (Wildman–Crippen MR) is 460 cm³/mol. The molecule has 0 bridgehead atoms. The fraction of sp³-hybridized carbons (Fsp3) is 0.957. The Hall–Kier alpha value is -1.94. The molecule has 0 radical (unpaired) electrons. The molecule has 0 rings (SSSR count). The van der Waals surface area contributed by atoms with E-state index in [9.17, 15) is 43.2 Å². The van der Waals surface area contributed by atoms with Crippen molar-refractivity contribution in [2.24, 2.45) is 0 Å². The molecule has 5 atom stereocenters. The molecule has 0 aliphatic heterocycles. The number of rotatable bonds is 93. The second-order valence-corrected chi connectivity index (χ2v) is 36.0. The van der Waals surface area contributed by atoms with Gasteiger partial charge in [-0.15, -0.1) is 0 Å². The smallest absolute Gasteiger partial charge is 0.462 e. The summed E-state index contributed by atoms with van der Waals surface area (Å²) in [5, 5.41) is 10.7. The quantitative estimate of drug-likeness (QED) is 0.0222. The zero-order valence-corrected chi connectivity index (χ0v) is 74.7. The topological polar surface area (TPSA) is 237 Å². The third-order valence-electron chi connectivity index (χ3n) is 21.9. The lowest BCUT2D eigenvalue weighted by molar-refractivity contribution is -0.161. The van der Waals surface area contributed by atoms with Gasteiger partial charge in [0, 0.05) is 25.7 Å². The van der Waals surface area contributed by atoms with E-state index in [-0.39, 0.29) is 25.7 Å². The summed E-state index contributed by atoms with van der Waals surface area (Å²) in [5.74, 6) is -2.09. The number of phosphoric acid groups is 2. The van der Waals surface area contributed by atoms with Crippen LogP contribution in [0.2, 0.25) is 0 Å². The first-order valence-electron chi connectivity index (χ1n) is 47.8. The maximum atomic E-state index is 13.2. The lowest BCUT2D eigenvalue weighted by Gasteiger charge is -2.21. The number of hydrogen-bond donors (Lipinski definition) is 3. The van der Waals surface area contributed by atoms with Gasteiger partial charge in [0.2, 0.25) is 0 Å². The molecule has 17 nitrogen and oxygen atoms in total. The second-order valence-electron chi connectivity index (χ2n) is 33.1. The van der Waals surface area contributed by atoms with Crippen LogP contribution in [0.15, 0.2) is 0 Å². The van der Waals surface area contributed by atoms with Gasteiger partial charge in [-0.05, 0) is 25.7 Å². The van der Waals surface area contributed by atoms with Crippen molar-refractivity contribution >= 4 is 39.5 Å². The molecule has 2 unspecified atom stereocenters. The van der Waals surface area contributed by atoms with Gasteiger partial charge in [-0.3, -0.25) is 37.3 Å². The molecule has 0 amide bonds. The average Bonchev–Trinajstić information content (AvgIpc) is 0.902. The Balaban J connectivity index is 5.25. The molecule has 0 aromatic rings. The van der Waals surface area contributed by atoms with E-state index in [2.05, 4.69) is 27.7 Å². The third-order valence-corrected chi connectivity index (χ3v) is 23.8. The van der Waals surface area contributed by atoms with E-state index in [1.807, 2.05) is 0 Å². The van der Waals surface area contributed by atoms with Crippen molar-refractivity contribution in [3.8, 4) is 0 Å². The average molecular weight is 1620 g/mol. The molecule has 0 aliphatic carbocycles. The molecule has 0 saturated heterocycles. The summed E-state index contributed by atoms with van der Waals surface area (Å²) in [6.45, 7) is 5.10. The maximum Gasteiger partial charge on any atom is 0.472 e. The molecular formula is C92H180O17P2. The highest BCUT2D eigenvalue weighted by Gasteiger charge is 2.31. The molecule has 0 aromatic heterocycles. The molecular weight excluding hydrogens is 1440 g/mol. The first-order valence-corrected chi connectivity index (χ1v) is 50.8. The number of unbranched alkanes of at least 4 members (excludes halogenated alkanes) is 67. The van der Waals surface area contributed by atoms with Crippen LogP contribution >= 0.6 is 15.6 Å². The summed E-state index contributed by atoms with van der Waals surface area (Å²) < 4.78 is 69.1. The number of esters is 4. The fourth-order valence-electron chi connectivity index (χ4n) is 14.6. The number of aliphatic hydroxyl groups excluding tert-OH is 1. The number of aliphatic hydroxyl groups is 1. The minimum atomic E-state index is -4.97. The minimum absolute atomic E-state index is 0.110. The maximum absolute atomic E-state index is 13.2. The van der Waals surface area contributed by atoms with E-state index in [4.69, 9.17) is 37.0 Å². The van der Waals surface area contributed by atoms with Gasteiger partial charge in [-0.2, -0.15) is 0 Å². The molecule has 660 valence electrons. The second kappa shape index (κ2) is 85.9. The van der Waals surface area contributed by atoms with Crippen molar-refractivity contribution in [2.75, 3.05) is 39.6 Å². The molecule has 3 N–H and O–H groups in total. The van der Waals surface area contributed by atoms with Crippen LogP contribution < -0.4 is 0 Å². The van der Waals surface area contributed by atoms with E-state index in [1.54, 1.807) is 0 Å². The molecule has 0 saturated carbocycles. The van der Waals surface area contributed by atoms with Crippen LogP contribution in [-0.4, -0.2) is 96.7 Å². The highest BCUT2D eigenvalue weighted by atomic mass is 31.2. The van der Waals surface area contributed by atoms with E-state index in [0.717, 1.165) is 89.9 Å². The first-order chi connectivity index (χ1) is 54.2. The van der Waals surface area contributed by atoms with Crippen molar-refractivity contribution < 1.29 is 80.2 Å². The first kappa shape index (κ1) is 109. The summed E-state index contributed by atoms with van der Waals surface area (Å²) >= 11 is 0. The summed E-state index contributed by atoms with van der Waals surface area (Å²) in [5.41, 5.74) is 0. The molecule has 0 aliphatic rings. The van der Waals surface area contributed by atoms with Gasteiger partial charge < -0.3 is 33.8 Å². The Morgan fingerprint density at radius 3 is 0.532 bits per heavy atom. The summed E-state index contributed by atoms with van der Waals surface area (Å²) in [4.78, 5) is 73.5. The predicted octanol–water partition coefficient (Wildman–Crippen LogP) is 28.9. The van der Waals surface area contributed by atoms with Crippen molar-refractivity contribution in [1.29, 1.82) is 0 Å². The molecule has 111 heavy (non-hydrogen) atoms. The molecule has 19 heteroatoms. The van der Waals surface area contributed by atoms with Crippen LogP contribution in [0, 0.1) is 0 Å². The fourth-order valence-corrected chi connectivity index (χ4v) is 16.2. The zero-order valence-electron chi connectivity index (χ0n) is 73.0. The standard InChI is InChI=1S/C92H180O17P2/c1-5-9-13-17-21-25-29-33-36-39-42-45-48-51-55-59-63-67-71-75-79-92(97)109-88(83-103-90(95)77-73-69-65-61-57-53-49-46-43-40-37-34-30-26-22-18-14-10-6-2)85-107-111(100,101)105-81-86(93)80-104-110(98,99)106-84-87(82-102-89(94)76-72-68-64-60-56-52-32-28-24-20-16-12-8-4)108-91(96)78-74-70-66-62-58-54-50-47-44-41-38-35-31-27-23-19-15-11-7-3/h86-88,93H,5-85H2,1-4H3,(H,98,99)(H,100,101)/t86-,87+,88+/m0/s1. The largest absolute Gasteiger partial charge is 0.472 e. The van der Waals surface area contributed by atoms with Gasteiger partial charge >= 0.3 is 39.5 Å². The number of carbonyl (C=O) groups is 4. The van der Waals surface area contributed by atoms with Gasteiger partial charge in [-0.25, -0.2) is 9.13 Å². The van der Waals surface area contributed by atoms with E-state index >= 15 is 0 Å². The van der Waals surface area contributed by atoms with Crippen LogP contribution in [-0.2, 0) is 65.4 Å². The minimum Gasteiger partial charge on any atom is -0.462 e. The Morgan fingerprint density at radius 2 is 0.360 bits per heavy atom. The van der Waals surface area contributed by atoms with Crippen LogP contribution in [0.1, 0.15) is 509 Å². The van der Waals surface area contributed by atoms with Crippen LogP contribution in [0.4, 0.5) is 0 Å². The van der Waals surface area contributed by atoms with E-state index in [0.29, 0.717) is 25.7 Å². The SMILES string of the molecule is CCCCCCCCCCCCCCCCCCCCCCC(=O)O[C@H](COC(=O)CCCCCCCCCCCCCCCCCCCCC)COP(=O)(O)OC[C@@H](O)COP(=O)(O)OC[C@@H](COC(=O)CCCCCCCCCCCCCCC)OC(=O)CCCCCCCCCCCCCCCCCCCCC.